The number of nitrogens with two attached hydrogens (primary N) is 1. The number of aryl methyl sites for hydroxylation is 1. The Hall–Kier alpha value is -2.85. The van der Waals surface area contributed by atoms with E-state index in [9.17, 15) is 4.79 Å². The van der Waals surface area contributed by atoms with Gasteiger partial charge >= 0.3 is 0 Å². The highest BCUT2D eigenvalue weighted by Gasteiger charge is 2.24. The van der Waals surface area contributed by atoms with Crippen LogP contribution in [0.15, 0.2) is 33.8 Å². The van der Waals surface area contributed by atoms with Gasteiger partial charge in [-0.3, -0.25) is 4.79 Å². The van der Waals surface area contributed by atoms with Crippen LogP contribution >= 0.6 is 11.8 Å². The number of benzene rings is 1. The Balaban J connectivity index is 1.52. The first-order valence-corrected chi connectivity index (χ1v) is 11.0. The van der Waals surface area contributed by atoms with E-state index in [1.54, 1.807) is 0 Å². The standard InChI is InChI=1S/C20H24N6O3S/c1-12-5-7-13(8-6-12)18-23-19(29-25-18)16-17(21)26(24-20(16)30-2)11-15(27)22-10-14-4-3-9-28-14/h5-8,14H,3-4,9-11,21H2,1-2H3,(H,22,27)/t14-/m0/s1. The molecule has 1 aliphatic rings. The first-order valence-electron chi connectivity index (χ1n) is 9.75. The van der Waals surface area contributed by atoms with Crippen LogP contribution in [-0.4, -0.2) is 51.3 Å². The number of ether oxygens (including phenoxy) is 1. The number of anilines is 1. The lowest BCUT2D eigenvalue weighted by atomic mass is 10.1. The molecule has 30 heavy (non-hydrogen) atoms. The van der Waals surface area contributed by atoms with Gasteiger partial charge in [0.15, 0.2) is 0 Å². The predicted molar refractivity (Wildman–Crippen MR) is 114 cm³/mol. The molecule has 158 valence electrons. The van der Waals surface area contributed by atoms with Crippen LogP contribution in [0.1, 0.15) is 18.4 Å². The smallest absolute Gasteiger partial charge is 0.264 e. The summed E-state index contributed by atoms with van der Waals surface area (Å²) in [7, 11) is 0. The third-order valence-electron chi connectivity index (χ3n) is 4.95. The third-order valence-corrected chi connectivity index (χ3v) is 5.62. The van der Waals surface area contributed by atoms with Gasteiger partial charge in [-0.05, 0) is 26.0 Å². The molecule has 0 spiro atoms. The molecule has 1 aliphatic heterocycles. The maximum Gasteiger partial charge on any atom is 0.264 e. The van der Waals surface area contributed by atoms with Crippen molar-refractivity contribution in [3.05, 3.63) is 29.8 Å². The van der Waals surface area contributed by atoms with Gasteiger partial charge < -0.3 is 20.3 Å². The number of rotatable bonds is 7. The van der Waals surface area contributed by atoms with Crippen LogP contribution in [0.5, 0.6) is 0 Å². The van der Waals surface area contributed by atoms with E-state index in [0.29, 0.717) is 28.8 Å². The highest BCUT2D eigenvalue weighted by atomic mass is 32.2. The zero-order valence-corrected chi connectivity index (χ0v) is 17.7. The molecule has 3 N–H and O–H groups in total. The Labute approximate surface area is 178 Å². The van der Waals surface area contributed by atoms with Crippen LogP contribution in [-0.2, 0) is 16.1 Å². The number of aromatic nitrogens is 4. The molecule has 1 aromatic carbocycles. The first-order chi connectivity index (χ1) is 14.5. The summed E-state index contributed by atoms with van der Waals surface area (Å²) in [4.78, 5) is 16.8. The summed E-state index contributed by atoms with van der Waals surface area (Å²) in [6.45, 7) is 3.26. The van der Waals surface area contributed by atoms with Gasteiger partial charge in [-0.1, -0.05) is 35.0 Å². The maximum absolute atomic E-state index is 12.3. The molecule has 1 atom stereocenters. The summed E-state index contributed by atoms with van der Waals surface area (Å²) < 4.78 is 12.5. The molecule has 0 saturated carbocycles. The topological polar surface area (TPSA) is 121 Å². The molecule has 3 heterocycles. The Kier molecular flexibility index (Phi) is 6.05. The van der Waals surface area contributed by atoms with E-state index in [0.717, 1.165) is 30.6 Å². The van der Waals surface area contributed by atoms with Crippen molar-refractivity contribution < 1.29 is 14.1 Å². The number of hydrogen-bond acceptors (Lipinski definition) is 8. The van der Waals surface area contributed by atoms with Crippen molar-refractivity contribution in [2.45, 2.75) is 37.4 Å². The fraction of sp³-hybridized carbons (Fsp3) is 0.400. The summed E-state index contributed by atoms with van der Waals surface area (Å²) in [5.74, 6) is 0.882. The van der Waals surface area contributed by atoms with Crippen LogP contribution in [0.2, 0.25) is 0 Å². The first kappa shape index (κ1) is 20.4. The number of hydrogen-bond donors (Lipinski definition) is 2. The van der Waals surface area contributed by atoms with E-state index in [1.165, 1.54) is 16.4 Å². The molecule has 2 aromatic heterocycles. The highest BCUT2D eigenvalue weighted by Crippen LogP contribution is 2.34. The fourth-order valence-electron chi connectivity index (χ4n) is 3.29. The summed E-state index contributed by atoms with van der Waals surface area (Å²) in [6, 6.07) is 7.84. The second-order valence-electron chi connectivity index (χ2n) is 7.16. The van der Waals surface area contributed by atoms with Crippen LogP contribution in [0.3, 0.4) is 0 Å². The quantitative estimate of drug-likeness (QED) is 0.551. The van der Waals surface area contributed by atoms with Crippen molar-refractivity contribution >= 4 is 23.5 Å². The van der Waals surface area contributed by atoms with E-state index in [-0.39, 0.29) is 24.4 Å². The van der Waals surface area contributed by atoms with Gasteiger partial charge in [0.1, 0.15) is 23.0 Å². The van der Waals surface area contributed by atoms with Gasteiger partial charge in [-0.25, -0.2) is 4.68 Å². The van der Waals surface area contributed by atoms with E-state index in [1.807, 2.05) is 37.4 Å². The van der Waals surface area contributed by atoms with Gasteiger partial charge in [0, 0.05) is 18.7 Å². The van der Waals surface area contributed by atoms with Crippen LogP contribution in [0, 0.1) is 6.92 Å². The monoisotopic (exact) mass is 428 g/mol. The summed E-state index contributed by atoms with van der Waals surface area (Å²) in [6.07, 6.45) is 3.96. The Morgan fingerprint density at radius 3 is 2.87 bits per heavy atom. The van der Waals surface area contributed by atoms with Crippen molar-refractivity contribution in [1.29, 1.82) is 0 Å². The maximum atomic E-state index is 12.3. The Morgan fingerprint density at radius 1 is 1.37 bits per heavy atom. The van der Waals surface area contributed by atoms with E-state index in [4.69, 9.17) is 15.0 Å². The number of carbonyl (C=O) groups is 1. The third kappa shape index (κ3) is 4.34. The number of carbonyl (C=O) groups excluding carboxylic acids is 1. The minimum atomic E-state index is -0.176. The minimum Gasteiger partial charge on any atom is -0.383 e. The highest BCUT2D eigenvalue weighted by molar-refractivity contribution is 7.98. The van der Waals surface area contributed by atoms with Gasteiger partial charge in [0.25, 0.3) is 5.89 Å². The molecule has 10 heteroatoms. The van der Waals surface area contributed by atoms with Crippen LogP contribution in [0.4, 0.5) is 5.82 Å². The zero-order chi connectivity index (χ0) is 21.1. The number of nitrogens with one attached hydrogen (secondary N) is 1. The molecule has 9 nitrogen and oxygen atoms in total. The lowest BCUT2D eigenvalue weighted by molar-refractivity contribution is -0.122. The van der Waals surface area contributed by atoms with E-state index < -0.39 is 0 Å². The van der Waals surface area contributed by atoms with Crippen molar-refractivity contribution in [2.75, 3.05) is 25.1 Å². The molecule has 0 radical (unpaired) electrons. The van der Waals surface area contributed by atoms with E-state index in [2.05, 4.69) is 20.6 Å². The second-order valence-corrected chi connectivity index (χ2v) is 7.95. The molecule has 0 aliphatic carbocycles. The normalized spacial score (nSPS) is 16.1. The molecule has 0 bridgehead atoms. The lowest BCUT2D eigenvalue weighted by Gasteiger charge is -2.11. The number of nitrogens with zero attached hydrogens (tertiary/aromatic N) is 4. The Morgan fingerprint density at radius 2 is 2.17 bits per heavy atom. The largest absolute Gasteiger partial charge is 0.383 e. The molecule has 1 amide bonds. The second kappa shape index (κ2) is 8.88. The van der Waals surface area contributed by atoms with E-state index >= 15 is 0 Å². The van der Waals surface area contributed by atoms with Crippen molar-refractivity contribution in [3.8, 4) is 22.8 Å². The van der Waals surface area contributed by atoms with Crippen molar-refractivity contribution in [1.82, 2.24) is 25.2 Å². The molecule has 4 rings (SSSR count). The van der Waals surface area contributed by atoms with Gasteiger partial charge in [0.05, 0.1) is 6.10 Å². The average molecular weight is 429 g/mol. The van der Waals surface area contributed by atoms with Gasteiger partial charge in [-0.15, -0.1) is 11.8 Å². The van der Waals surface area contributed by atoms with Crippen molar-refractivity contribution in [2.24, 2.45) is 0 Å². The van der Waals surface area contributed by atoms with Crippen molar-refractivity contribution in [3.63, 3.8) is 0 Å². The Bertz CT molecular complexity index is 1020. The molecule has 1 saturated heterocycles. The molecule has 3 aromatic rings. The molecule has 0 unspecified atom stereocenters. The summed E-state index contributed by atoms with van der Waals surface area (Å²) in [5, 5.41) is 12.0. The zero-order valence-electron chi connectivity index (χ0n) is 16.9. The fourth-order valence-corrected chi connectivity index (χ4v) is 3.86. The minimum absolute atomic E-state index is 0.00503. The number of amides is 1. The summed E-state index contributed by atoms with van der Waals surface area (Å²) in [5.41, 5.74) is 8.84. The van der Waals surface area contributed by atoms with Gasteiger partial charge in [-0.2, -0.15) is 10.1 Å². The molecule has 1 fully saturated rings. The average Bonchev–Trinajstić information content (AvgIpc) is 3.48. The molecular formula is C20H24N6O3S. The number of nitrogen functional groups attached to an aromatic ring is 1. The number of thioether (sulfide) groups is 1. The predicted octanol–water partition coefficient (Wildman–Crippen LogP) is 2.51. The van der Waals surface area contributed by atoms with Gasteiger partial charge in [0.2, 0.25) is 11.7 Å². The lowest BCUT2D eigenvalue weighted by Crippen LogP contribution is -2.34. The van der Waals surface area contributed by atoms with Crippen LogP contribution in [0.25, 0.3) is 22.8 Å². The molecular weight excluding hydrogens is 404 g/mol. The summed E-state index contributed by atoms with van der Waals surface area (Å²) >= 11 is 1.40. The van der Waals surface area contributed by atoms with Crippen LogP contribution < -0.4 is 11.1 Å². The SMILES string of the molecule is CSc1nn(CC(=O)NC[C@@H]2CCCO2)c(N)c1-c1nc(-c2ccc(C)cc2)no1.